The van der Waals surface area contributed by atoms with E-state index in [1.807, 2.05) is 52.9 Å². The summed E-state index contributed by atoms with van der Waals surface area (Å²) in [6.07, 6.45) is -2.46. The second kappa shape index (κ2) is 10.5. The molecule has 1 aromatic carbocycles. The van der Waals surface area contributed by atoms with Gasteiger partial charge in [0.15, 0.2) is 39.2 Å². The van der Waals surface area contributed by atoms with Gasteiger partial charge in [0.1, 0.15) is 12.7 Å². The molecule has 35 heavy (non-hydrogen) atoms. The Morgan fingerprint density at radius 1 is 1.03 bits per heavy atom. The van der Waals surface area contributed by atoms with E-state index in [4.69, 9.17) is 18.9 Å². The average molecular weight is 595 g/mol. The first-order chi connectivity index (χ1) is 16.7. The van der Waals surface area contributed by atoms with E-state index in [-0.39, 0.29) is 6.61 Å². The van der Waals surface area contributed by atoms with E-state index in [1.54, 1.807) is 4.57 Å². The number of imidazole rings is 1. The van der Waals surface area contributed by atoms with Gasteiger partial charge in [0, 0.05) is 49.0 Å². The third-order valence-electron chi connectivity index (χ3n) is 5.05. The Labute approximate surface area is 213 Å². The van der Waals surface area contributed by atoms with Crippen molar-refractivity contribution in [3.8, 4) is 0 Å². The van der Waals surface area contributed by atoms with Gasteiger partial charge in [-0.1, -0.05) is 18.2 Å². The molecule has 0 spiro atoms. The number of rotatable bonds is 7. The number of halogens is 1. The maximum Gasteiger partial charge on any atom is 0.303 e. The molecule has 0 radical (unpaired) electrons. The van der Waals surface area contributed by atoms with Gasteiger partial charge < -0.3 is 24.3 Å². The summed E-state index contributed by atoms with van der Waals surface area (Å²) in [5.74, 6) is -1.27. The molecule has 1 saturated heterocycles. The summed E-state index contributed by atoms with van der Waals surface area (Å²) in [5, 5.41) is 3.23. The van der Waals surface area contributed by atoms with Crippen LogP contribution in [0.1, 0.15) is 27.0 Å². The molecule has 3 heterocycles. The summed E-state index contributed by atoms with van der Waals surface area (Å²) in [4.78, 5) is 48.5. The third-order valence-corrected chi connectivity index (χ3v) is 5.53. The average Bonchev–Trinajstić information content (AvgIpc) is 3.34. The molecule has 2 aromatic heterocycles. The van der Waals surface area contributed by atoms with Crippen molar-refractivity contribution in [2.45, 2.75) is 45.3 Å². The number of aromatic nitrogens is 4. The van der Waals surface area contributed by atoms with E-state index < -0.39 is 42.4 Å². The summed E-state index contributed by atoms with van der Waals surface area (Å²) in [7, 11) is 0. The Morgan fingerprint density at radius 3 is 2.37 bits per heavy atom. The van der Waals surface area contributed by atoms with Crippen molar-refractivity contribution >= 4 is 63.2 Å². The zero-order chi connectivity index (χ0) is 25.1. The molecule has 0 saturated carbocycles. The van der Waals surface area contributed by atoms with Crippen LogP contribution in [0.5, 0.6) is 0 Å². The smallest absolute Gasteiger partial charge is 0.303 e. The third kappa shape index (κ3) is 5.67. The lowest BCUT2D eigenvalue weighted by atomic mass is 10.1. The fourth-order valence-electron chi connectivity index (χ4n) is 3.74. The second-order valence-electron chi connectivity index (χ2n) is 7.67. The highest BCUT2D eigenvalue weighted by Gasteiger charge is 2.51. The summed E-state index contributed by atoms with van der Waals surface area (Å²) in [6, 6.07) is 9.45. The number of hydrogen-bond donors (Lipinski definition) is 1. The molecule has 0 amide bonds. The van der Waals surface area contributed by atoms with Gasteiger partial charge in [-0.3, -0.25) is 19.0 Å². The number of esters is 3. The Morgan fingerprint density at radius 2 is 1.71 bits per heavy atom. The lowest BCUT2D eigenvalue weighted by Crippen LogP contribution is -2.40. The van der Waals surface area contributed by atoms with Gasteiger partial charge >= 0.3 is 17.9 Å². The van der Waals surface area contributed by atoms with Gasteiger partial charge in [-0.15, -0.1) is 0 Å². The van der Waals surface area contributed by atoms with E-state index in [2.05, 4.69) is 20.3 Å². The van der Waals surface area contributed by atoms with Crippen LogP contribution in [0.2, 0.25) is 0 Å². The number of ether oxygens (including phenoxy) is 4. The molecule has 1 N–H and O–H groups in total. The number of nitrogens with zero attached hydrogens (tertiary/aromatic N) is 4. The predicted molar refractivity (Wildman–Crippen MR) is 129 cm³/mol. The number of fused-ring (bicyclic) bond motifs is 1. The Bertz CT molecular complexity index is 1250. The van der Waals surface area contributed by atoms with Crippen LogP contribution < -0.4 is 5.32 Å². The number of benzene rings is 1. The maximum atomic E-state index is 11.9. The minimum Gasteiger partial charge on any atom is -0.463 e. The monoisotopic (exact) mass is 595 g/mol. The van der Waals surface area contributed by atoms with Crippen molar-refractivity contribution in [3.63, 3.8) is 0 Å². The van der Waals surface area contributed by atoms with Crippen LogP contribution in [0.15, 0.2) is 36.7 Å². The molecule has 0 aliphatic carbocycles. The summed E-state index contributed by atoms with van der Waals surface area (Å²) < 4.78 is 24.1. The van der Waals surface area contributed by atoms with Crippen molar-refractivity contribution in [2.24, 2.45) is 0 Å². The van der Waals surface area contributed by atoms with E-state index in [9.17, 15) is 14.4 Å². The molecule has 3 unspecified atom stereocenters. The molecule has 4 atom stereocenters. The molecular weight excluding hydrogens is 573 g/mol. The van der Waals surface area contributed by atoms with Crippen LogP contribution in [0.3, 0.4) is 0 Å². The lowest BCUT2D eigenvalue weighted by Gasteiger charge is -2.23. The molecular formula is C22H22IN5O7. The summed E-state index contributed by atoms with van der Waals surface area (Å²) in [6.45, 7) is 3.51. The van der Waals surface area contributed by atoms with Crippen LogP contribution in [0, 0.1) is 3.83 Å². The van der Waals surface area contributed by atoms with Gasteiger partial charge in [-0.05, 0) is 12.1 Å². The first-order valence-corrected chi connectivity index (χ1v) is 11.7. The van der Waals surface area contributed by atoms with E-state index in [1.165, 1.54) is 27.1 Å². The zero-order valence-corrected chi connectivity index (χ0v) is 21.2. The van der Waals surface area contributed by atoms with Crippen LogP contribution >= 0.6 is 22.6 Å². The van der Waals surface area contributed by atoms with Gasteiger partial charge in [0.25, 0.3) is 0 Å². The number of anilines is 2. The number of para-hydroxylation sites is 1. The van der Waals surface area contributed by atoms with Crippen LogP contribution in [-0.4, -0.2) is 62.3 Å². The fraction of sp³-hybridized carbons (Fsp3) is 0.364. The topological polar surface area (TPSA) is 144 Å². The highest BCUT2D eigenvalue weighted by atomic mass is 127. The zero-order valence-electron chi connectivity index (χ0n) is 19.0. The molecule has 0 bridgehead atoms. The first kappa shape index (κ1) is 24.8. The molecule has 1 aliphatic rings. The van der Waals surface area contributed by atoms with Crippen LogP contribution in [-0.2, 0) is 33.3 Å². The summed E-state index contributed by atoms with van der Waals surface area (Å²) in [5.41, 5.74) is 1.66. The van der Waals surface area contributed by atoms with Crippen molar-refractivity contribution in [1.82, 2.24) is 19.5 Å². The van der Waals surface area contributed by atoms with Gasteiger partial charge in [0.05, 0.1) is 6.33 Å². The molecule has 4 rings (SSSR count). The highest BCUT2D eigenvalue weighted by molar-refractivity contribution is 14.1. The number of carbonyl (C=O) groups excluding carboxylic acids is 3. The quantitative estimate of drug-likeness (QED) is 0.186. The summed E-state index contributed by atoms with van der Waals surface area (Å²) >= 11 is 1.99. The largest absolute Gasteiger partial charge is 0.463 e. The minimum atomic E-state index is -1.05. The molecule has 1 aliphatic heterocycles. The Hall–Kier alpha value is -3.33. The second-order valence-corrected chi connectivity index (χ2v) is 8.64. The fourth-order valence-corrected chi connectivity index (χ4v) is 4.21. The standard InChI is InChI=1S/C22H22IN5O7/c1-11(29)32-9-15-17(33-12(2)30)18(34-13(3)31)21(35-15)28-10-24-16-19(26-22(23)27-20(16)28)25-14-7-5-4-6-8-14/h4-8,10,15,17-18,21H,9H2,1-3H3,(H,25,26,27)/t15-,17?,18?,21?/m1/s1. The van der Waals surface area contributed by atoms with Crippen LogP contribution in [0.4, 0.5) is 11.5 Å². The van der Waals surface area contributed by atoms with Gasteiger partial charge in [-0.2, -0.15) is 0 Å². The van der Waals surface area contributed by atoms with Crippen molar-refractivity contribution < 1.29 is 33.3 Å². The van der Waals surface area contributed by atoms with Crippen LogP contribution in [0.25, 0.3) is 11.2 Å². The molecule has 13 heteroatoms. The Kier molecular flexibility index (Phi) is 7.45. The lowest BCUT2D eigenvalue weighted by molar-refractivity contribution is -0.166. The van der Waals surface area contributed by atoms with Gasteiger partial charge in [-0.25, -0.2) is 15.0 Å². The van der Waals surface area contributed by atoms with Gasteiger partial charge in [0.2, 0.25) is 0 Å². The minimum absolute atomic E-state index is 0.207. The number of nitrogens with one attached hydrogen (secondary N) is 1. The number of carbonyl (C=O) groups is 3. The first-order valence-electron chi connectivity index (χ1n) is 10.6. The Balaban J connectivity index is 1.75. The highest BCUT2D eigenvalue weighted by Crippen LogP contribution is 2.36. The maximum absolute atomic E-state index is 11.9. The molecule has 184 valence electrons. The van der Waals surface area contributed by atoms with Crippen molar-refractivity contribution in [1.29, 1.82) is 0 Å². The molecule has 1 fully saturated rings. The van der Waals surface area contributed by atoms with Crippen molar-refractivity contribution in [2.75, 3.05) is 11.9 Å². The molecule has 3 aromatic rings. The number of hydrogen-bond acceptors (Lipinski definition) is 11. The van der Waals surface area contributed by atoms with Crippen molar-refractivity contribution in [3.05, 3.63) is 40.5 Å². The van der Waals surface area contributed by atoms with E-state index >= 15 is 0 Å². The molecule has 12 nitrogen and oxygen atoms in total. The SMILES string of the molecule is CC(=O)OC[C@H]1OC(n2cnc3c(Nc4ccccc4)nc(I)nc32)C(OC(C)=O)C1OC(C)=O. The normalized spacial score (nSPS) is 21.5. The van der Waals surface area contributed by atoms with E-state index in [0.717, 1.165) is 5.69 Å². The van der Waals surface area contributed by atoms with E-state index in [0.29, 0.717) is 20.8 Å². The predicted octanol–water partition coefficient (Wildman–Crippen LogP) is 2.50.